The third-order valence-electron chi connectivity index (χ3n) is 3.41. The number of carbonyl (C=O) groups excluding carboxylic acids is 2. The lowest BCUT2D eigenvalue weighted by molar-refractivity contribution is -0.130. The first-order chi connectivity index (χ1) is 9.40. The van der Waals surface area contributed by atoms with E-state index in [1.165, 1.54) is 7.05 Å². The number of likely N-dealkylation sites (N-methyl/N-ethyl adjacent to an activating group) is 1. The van der Waals surface area contributed by atoms with Crippen LogP contribution in [0.15, 0.2) is 24.3 Å². The third-order valence-corrected chi connectivity index (χ3v) is 3.41. The van der Waals surface area contributed by atoms with E-state index in [1.807, 2.05) is 6.92 Å². The summed E-state index contributed by atoms with van der Waals surface area (Å²) in [6.45, 7) is 3.91. The highest BCUT2D eigenvalue weighted by Gasteiger charge is 2.47. The van der Waals surface area contributed by atoms with Gasteiger partial charge < -0.3 is 10.1 Å². The topological polar surface area (TPSA) is 82.5 Å². The van der Waals surface area contributed by atoms with Crippen molar-refractivity contribution in [3.63, 3.8) is 0 Å². The highest BCUT2D eigenvalue weighted by molar-refractivity contribution is 6.07. The number of ether oxygens (including phenoxy) is 1. The Kier molecular flexibility index (Phi) is 3.48. The lowest BCUT2D eigenvalue weighted by Crippen LogP contribution is -2.40. The van der Waals surface area contributed by atoms with E-state index in [0.717, 1.165) is 4.90 Å². The van der Waals surface area contributed by atoms with E-state index in [1.54, 1.807) is 31.2 Å². The third kappa shape index (κ3) is 2.13. The van der Waals surface area contributed by atoms with Crippen molar-refractivity contribution in [1.29, 1.82) is 5.41 Å². The molecule has 20 heavy (non-hydrogen) atoms. The van der Waals surface area contributed by atoms with Gasteiger partial charge in [0.05, 0.1) is 6.61 Å². The minimum Gasteiger partial charge on any atom is -0.478 e. The van der Waals surface area contributed by atoms with Crippen molar-refractivity contribution in [2.45, 2.75) is 19.4 Å². The Hall–Kier alpha value is -2.37. The number of hydrogen-bond acceptors (Lipinski definition) is 4. The quantitative estimate of drug-likeness (QED) is 0.497. The predicted molar refractivity (Wildman–Crippen MR) is 73.6 cm³/mol. The summed E-state index contributed by atoms with van der Waals surface area (Å²) in [5, 5.41) is 10.4. The smallest absolute Gasteiger partial charge is 0.325 e. The molecule has 2 N–H and O–H groups in total. The van der Waals surface area contributed by atoms with Crippen molar-refractivity contribution in [3.05, 3.63) is 35.4 Å². The van der Waals surface area contributed by atoms with Crippen LogP contribution in [0.25, 0.3) is 0 Å². The Bertz CT molecular complexity index is 568. The molecule has 1 atom stereocenters. The molecule has 2 rings (SSSR count). The fourth-order valence-corrected chi connectivity index (χ4v) is 2.16. The maximum Gasteiger partial charge on any atom is 0.325 e. The molecule has 1 aliphatic heterocycles. The van der Waals surface area contributed by atoms with Gasteiger partial charge in [-0.05, 0) is 31.5 Å². The van der Waals surface area contributed by atoms with E-state index in [4.69, 9.17) is 10.1 Å². The Labute approximate surface area is 117 Å². The maximum atomic E-state index is 12.1. The fraction of sp³-hybridized carbons (Fsp3) is 0.357. The van der Waals surface area contributed by atoms with Gasteiger partial charge in [-0.3, -0.25) is 15.1 Å². The van der Waals surface area contributed by atoms with Crippen LogP contribution in [0.4, 0.5) is 4.79 Å². The van der Waals surface area contributed by atoms with E-state index in [2.05, 4.69) is 5.32 Å². The molecule has 6 heteroatoms. The molecule has 0 aromatic heterocycles. The van der Waals surface area contributed by atoms with Gasteiger partial charge in [-0.25, -0.2) is 4.79 Å². The van der Waals surface area contributed by atoms with E-state index in [9.17, 15) is 9.59 Å². The fourth-order valence-electron chi connectivity index (χ4n) is 2.16. The minimum absolute atomic E-state index is 0.0862. The van der Waals surface area contributed by atoms with Crippen LogP contribution in [0.1, 0.15) is 25.0 Å². The van der Waals surface area contributed by atoms with E-state index in [0.29, 0.717) is 17.7 Å². The van der Waals surface area contributed by atoms with Crippen molar-refractivity contribution in [2.75, 3.05) is 13.7 Å². The summed E-state index contributed by atoms with van der Waals surface area (Å²) < 4.78 is 5.11. The molecule has 0 saturated carbocycles. The highest BCUT2D eigenvalue weighted by Crippen LogP contribution is 2.28. The van der Waals surface area contributed by atoms with Gasteiger partial charge >= 0.3 is 6.03 Å². The second-order valence-electron chi connectivity index (χ2n) is 4.76. The molecule has 6 nitrogen and oxygen atoms in total. The van der Waals surface area contributed by atoms with E-state index < -0.39 is 11.6 Å². The van der Waals surface area contributed by atoms with Gasteiger partial charge in [-0.15, -0.1) is 0 Å². The lowest BCUT2D eigenvalue weighted by Gasteiger charge is -2.21. The molecule has 3 amide bonds. The zero-order valence-corrected chi connectivity index (χ0v) is 11.7. The van der Waals surface area contributed by atoms with Crippen LogP contribution in [0.3, 0.4) is 0 Å². The second-order valence-corrected chi connectivity index (χ2v) is 4.76. The number of urea groups is 1. The average molecular weight is 275 g/mol. The molecule has 1 unspecified atom stereocenters. The molecule has 106 valence electrons. The summed E-state index contributed by atoms with van der Waals surface area (Å²) in [6, 6.07) is 6.44. The van der Waals surface area contributed by atoms with Crippen molar-refractivity contribution in [1.82, 2.24) is 10.2 Å². The number of nitrogens with one attached hydrogen (secondary N) is 2. The van der Waals surface area contributed by atoms with Gasteiger partial charge in [0.25, 0.3) is 5.91 Å². The Morgan fingerprint density at radius 1 is 1.35 bits per heavy atom. The number of imide groups is 1. The molecule has 1 fully saturated rings. The summed E-state index contributed by atoms with van der Waals surface area (Å²) in [6.07, 6.45) is 0. The standard InChI is InChI=1S/C14H17N3O3/c1-4-20-11(15)9-5-7-10(8-6-9)14(2)12(18)17(3)13(19)16-14/h5-8,15H,4H2,1-3H3,(H,16,19). The van der Waals surface area contributed by atoms with Crippen LogP contribution in [-0.2, 0) is 15.1 Å². The van der Waals surface area contributed by atoms with Crippen molar-refractivity contribution in [3.8, 4) is 0 Å². The molecule has 0 bridgehead atoms. The molecule has 1 saturated heterocycles. The Balaban J connectivity index is 2.29. The largest absolute Gasteiger partial charge is 0.478 e. The number of hydrogen-bond donors (Lipinski definition) is 2. The first kappa shape index (κ1) is 14.0. The lowest BCUT2D eigenvalue weighted by atomic mass is 9.91. The Morgan fingerprint density at radius 2 is 1.95 bits per heavy atom. The summed E-state index contributed by atoms with van der Waals surface area (Å²) >= 11 is 0. The molecule has 1 aliphatic rings. The molecule has 0 aliphatic carbocycles. The SMILES string of the molecule is CCOC(=N)c1ccc(C2(C)NC(=O)N(C)C2=O)cc1. The summed E-state index contributed by atoms with van der Waals surface area (Å²) in [5.74, 6) is -0.210. The summed E-state index contributed by atoms with van der Waals surface area (Å²) in [4.78, 5) is 24.8. The van der Waals surface area contributed by atoms with Crippen LogP contribution >= 0.6 is 0 Å². The van der Waals surface area contributed by atoms with Gasteiger partial charge in [0.2, 0.25) is 5.90 Å². The van der Waals surface area contributed by atoms with E-state index >= 15 is 0 Å². The van der Waals surface area contributed by atoms with Crippen molar-refractivity contribution in [2.24, 2.45) is 0 Å². The molecule has 0 radical (unpaired) electrons. The monoisotopic (exact) mass is 275 g/mol. The van der Waals surface area contributed by atoms with Gasteiger partial charge in [0.15, 0.2) is 0 Å². The highest BCUT2D eigenvalue weighted by atomic mass is 16.5. The van der Waals surface area contributed by atoms with Gasteiger partial charge in [0, 0.05) is 12.6 Å². The minimum atomic E-state index is -1.06. The number of carbonyl (C=O) groups is 2. The van der Waals surface area contributed by atoms with Crippen LogP contribution in [0.2, 0.25) is 0 Å². The average Bonchev–Trinajstić information content (AvgIpc) is 2.64. The molecular formula is C14H17N3O3. The first-order valence-electron chi connectivity index (χ1n) is 6.32. The normalized spacial score (nSPS) is 21.9. The molecule has 1 heterocycles. The van der Waals surface area contributed by atoms with Gasteiger partial charge in [0.1, 0.15) is 5.54 Å². The van der Waals surface area contributed by atoms with Crippen LogP contribution < -0.4 is 5.32 Å². The van der Waals surface area contributed by atoms with Gasteiger partial charge in [-0.2, -0.15) is 0 Å². The number of amides is 3. The maximum absolute atomic E-state index is 12.1. The number of benzene rings is 1. The zero-order valence-electron chi connectivity index (χ0n) is 11.7. The molecule has 1 aromatic rings. The first-order valence-corrected chi connectivity index (χ1v) is 6.32. The summed E-state index contributed by atoms with van der Waals surface area (Å²) in [7, 11) is 1.45. The number of rotatable bonds is 3. The molecule has 1 aromatic carbocycles. The second kappa shape index (κ2) is 4.96. The number of nitrogens with zero attached hydrogens (tertiary/aromatic N) is 1. The molecule has 0 spiro atoms. The van der Waals surface area contributed by atoms with Crippen LogP contribution in [-0.4, -0.2) is 36.4 Å². The van der Waals surface area contributed by atoms with E-state index in [-0.39, 0.29) is 11.8 Å². The zero-order chi connectivity index (χ0) is 14.9. The summed E-state index contributed by atoms with van der Waals surface area (Å²) in [5.41, 5.74) is 0.246. The van der Waals surface area contributed by atoms with Gasteiger partial charge in [-0.1, -0.05) is 12.1 Å². The van der Waals surface area contributed by atoms with Crippen LogP contribution in [0.5, 0.6) is 0 Å². The van der Waals surface area contributed by atoms with Crippen molar-refractivity contribution >= 4 is 17.8 Å². The molecular weight excluding hydrogens is 258 g/mol. The van der Waals surface area contributed by atoms with Crippen molar-refractivity contribution < 1.29 is 14.3 Å². The van der Waals surface area contributed by atoms with Crippen LogP contribution in [0, 0.1) is 5.41 Å². The predicted octanol–water partition coefficient (Wildman–Crippen LogP) is 1.45. The Morgan fingerprint density at radius 3 is 2.40 bits per heavy atom.